The van der Waals surface area contributed by atoms with Crippen LogP contribution in [0.3, 0.4) is 0 Å². The molecule has 1 N–H and O–H groups in total. The van der Waals surface area contributed by atoms with Gasteiger partial charge < -0.3 is 10.2 Å². The third-order valence-electron chi connectivity index (χ3n) is 2.36. The fourth-order valence-corrected chi connectivity index (χ4v) is 1.62. The predicted molar refractivity (Wildman–Crippen MR) is 49.2 cm³/mol. The van der Waals surface area contributed by atoms with Crippen LogP contribution < -0.4 is 5.32 Å². The Bertz CT molecular complexity index is 282. The van der Waals surface area contributed by atoms with E-state index in [1.807, 2.05) is 13.2 Å². The number of hydrogen-bond donors (Lipinski definition) is 1. The Morgan fingerprint density at radius 1 is 1.54 bits per heavy atom. The van der Waals surface area contributed by atoms with Crippen LogP contribution in [0.25, 0.3) is 0 Å². The first-order valence-corrected chi connectivity index (χ1v) is 4.54. The lowest BCUT2D eigenvalue weighted by Gasteiger charge is -2.29. The summed E-state index contributed by atoms with van der Waals surface area (Å²) in [7, 11) is 4.02. The summed E-state index contributed by atoms with van der Waals surface area (Å²) in [5, 5.41) is 11.4. The lowest BCUT2D eigenvalue weighted by molar-refractivity contribution is 0.238. The van der Waals surface area contributed by atoms with Gasteiger partial charge in [0.05, 0.1) is 6.04 Å². The summed E-state index contributed by atoms with van der Waals surface area (Å²) >= 11 is 0. The van der Waals surface area contributed by atoms with Gasteiger partial charge in [0, 0.05) is 32.9 Å². The van der Waals surface area contributed by atoms with Crippen LogP contribution in [0.5, 0.6) is 0 Å². The maximum Gasteiger partial charge on any atom is 0.101 e. The standard InChI is InChI=1S/C8H15N5/c1-12-4-3-9-7(5-12)8-6-13(2)11-10-8/h6-7,9H,3-5H2,1-2H3. The van der Waals surface area contributed by atoms with Crippen LogP contribution in [0, 0.1) is 0 Å². The maximum atomic E-state index is 4.10. The molecule has 72 valence electrons. The van der Waals surface area contributed by atoms with Crippen molar-refractivity contribution in [2.45, 2.75) is 6.04 Å². The zero-order valence-electron chi connectivity index (χ0n) is 8.06. The summed E-state index contributed by atoms with van der Waals surface area (Å²) in [6.07, 6.45) is 1.97. The summed E-state index contributed by atoms with van der Waals surface area (Å²) in [6.45, 7) is 3.15. The van der Waals surface area contributed by atoms with Gasteiger partial charge in [0.1, 0.15) is 5.69 Å². The molecule has 1 aliphatic heterocycles. The third kappa shape index (κ3) is 1.87. The highest BCUT2D eigenvalue weighted by molar-refractivity contribution is 5.02. The molecular weight excluding hydrogens is 166 g/mol. The average Bonchev–Trinajstić information content (AvgIpc) is 2.52. The first kappa shape index (κ1) is 8.65. The minimum atomic E-state index is 0.340. The molecular formula is C8H15N5. The van der Waals surface area contributed by atoms with E-state index in [9.17, 15) is 0 Å². The van der Waals surface area contributed by atoms with Crippen molar-refractivity contribution in [2.75, 3.05) is 26.7 Å². The molecule has 1 unspecified atom stereocenters. The van der Waals surface area contributed by atoms with E-state index in [1.165, 1.54) is 0 Å². The third-order valence-corrected chi connectivity index (χ3v) is 2.36. The van der Waals surface area contributed by atoms with Crippen molar-refractivity contribution in [2.24, 2.45) is 7.05 Å². The molecule has 13 heavy (non-hydrogen) atoms. The summed E-state index contributed by atoms with van der Waals surface area (Å²) in [5.74, 6) is 0. The molecule has 5 heteroatoms. The molecule has 1 aromatic rings. The first-order chi connectivity index (χ1) is 6.25. The van der Waals surface area contributed by atoms with Gasteiger partial charge in [-0.3, -0.25) is 4.68 Å². The van der Waals surface area contributed by atoms with E-state index in [2.05, 4.69) is 27.6 Å². The lowest BCUT2D eigenvalue weighted by Crippen LogP contribution is -2.43. The van der Waals surface area contributed by atoms with E-state index >= 15 is 0 Å². The summed E-state index contributed by atoms with van der Waals surface area (Å²) in [6, 6.07) is 0.340. The molecule has 2 heterocycles. The highest BCUT2D eigenvalue weighted by Gasteiger charge is 2.20. The van der Waals surface area contributed by atoms with Gasteiger partial charge in [0.2, 0.25) is 0 Å². The zero-order chi connectivity index (χ0) is 9.26. The number of aryl methyl sites for hydroxylation is 1. The summed E-state index contributed by atoms with van der Waals surface area (Å²) < 4.78 is 1.74. The SMILES string of the molecule is CN1CCNC(c2cn(C)nn2)C1. The fraction of sp³-hybridized carbons (Fsp3) is 0.750. The molecule has 0 saturated carbocycles. The van der Waals surface area contributed by atoms with Gasteiger partial charge in [0.25, 0.3) is 0 Å². The van der Waals surface area contributed by atoms with Gasteiger partial charge in [-0.2, -0.15) is 0 Å². The minimum absolute atomic E-state index is 0.340. The van der Waals surface area contributed by atoms with Crippen molar-refractivity contribution < 1.29 is 0 Å². The molecule has 0 amide bonds. The second kappa shape index (κ2) is 3.43. The van der Waals surface area contributed by atoms with Crippen molar-refractivity contribution in [3.05, 3.63) is 11.9 Å². The maximum absolute atomic E-state index is 4.10. The monoisotopic (exact) mass is 181 g/mol. The zero-order valence-corrected chi connectivity index (χ0v) is 8.06. The molecule has 1 saturated heterocycles. The molecule has 0 aliphatic carbocycles. The molecule has 0 bridgehead atoms. The fourth-order valence-electron chi connectivity index (χ4n) is 1.62. The summed E-state index contributed by atoms with van der Waals surface area (Å²) in [5.41, 5.74) is 1.04. The Labute approximate surface area is 77.7 Å². The van der Waals surface area contributed by atoms with Crippen LogP contribution >= 0.6 is 0 Å². The smallest absolute Gasteiger partial charge is 0.101 e. The van der Waals surface area contributed by atoms with Crippen molar-refractivity contribution in [1.82, 2.24) is 25.2 Å². The topological polar surface area (TPSA) is 46.0 Å². The number of nitrogens with one attached hydrogen (secondary N) is 1. The van der Waals surface area contributed by atoms with E-state index in [1.54, 1.807) is 4.68 Å². The molecule has 1 fully saturated rings. The minimum Gasteiger partial charge on any atom is -0.306 e. The Morgan fingerprint density at radius 3 is 3.00 bits per heavy atom. The molecule has 0 spiro atoms. The molecule has 5 nitrogen and oxygen atoms in total. The summed E-state index contributed by atoms with van der Waals surface area (Å²) in [4.78, 5) is 2.30. The highest BCUT2D eigenvalue weighted by Crippen LogP contribution is 2.12. The van der Waals surface area contributed by atoms with E-state index in [0.717, 1.165) is 25.3 Å². The highest BCUT2D eigenvalue weighted by atomic mass is 15.4. The average molecular weight is 181 g/mol. The van der Waals surface area contributed by atoms with Gasteiger partial charge in [-0.1, -0.05) is 5.21 Å². The Balaban J connectivity index is 2.08. The van der Waals surface area contributed by atoms with Crippen LogP contribution in [0.2, 0.25) is 0 Å². The molecule has 0 aromatic carbocycles. The Hall–Kier alpha value is -0.940. The molecule has 1 aliphatic rings. The number of piperazine rings is 1. The number of nitrogens with zero attached hydrogens (tertiary/aromatic N) is 4. The Kier molecular flexibility index (Phi) is 2.28. The van der Waals surface area contributed by atoms with E-state index < -0.39 is 0 Å². The Morgan fingerprint density at radius 2 is 2.38 bits per heavy atom. The second-order valence-corrected chi connectivity index (χ2v) is 3.59. The van der Waals surface area contributed by atoms with Gasteiger partial charge in [-0.05, 0) is 7.05 Å². The van der Waals surface area contributed by atoms with E-state index in [0.29, 0.717) is 6.04 Å². The number of hydrogen-bond acceptors (Lipinski definition) is 4. The van der Waals surface area contributed by atoms with Gasteiger partial charge in [-0.25, -0.2) is 0 Å². The van der Waals surface area contributed by atoms with Crippen LogP contribution in [-0.2, 0) is 7.05 Å². The largest absolute Gasteiger partial charge is 0.306 e. The van der Waals surface area contributed by atoms with Crippen LogP contribution in [0.1, 0.15) is 11.7 Å². The lowest BCUT2D eigenvalue weighted by atomic mass is 10.2. The first-order valence-electron chi connectivity index (χ1n) is 4.54. The number of rotatable bonds is 1. The molecule has 2 rings (SSSR count). The van der Waals surface area contributed by atoms with E-state index in [-0.39, 0.29) is 0 Å². The van der Waals surface area contributed by atoms with Crippen molar-refractivity contribution in [3.63, 3.8) is 0 Å². The quantitative estimate of drug-likeness (QED) is 0.628. The van der Waals surface area contributed by atoms with Crippen LogP contribution in [0.15, 0.2) is 6.20 Å². The molecule has 1 atom stereocenters. The predicted octanol–water partition coefficient (Wildman–Crippen LogP) is -0.609. The molecule has 0 radical (unpaired) electrons. The number of aromatic nitrogens is 3. The second-order valence-electron chi connectivity index (χ2n) is 3.59. The van der Waals surface area contributed by atoms with E-state index in [4.69, 9.17) is 0 Å². The normalized spacial score (nSPS) is 24.9. The van der Waals surface area contributed by atoms with Crippen molar-refractivity contribution in [1.29, 1.82) is 0 Å². The molecule has 1 aromatic heterocycles. The van der Waals surface area contributed by atoms with Crippen LogP contribution in [0.4, 0.5) is 0 Å². The van der Waals surface area contributed by atoms with Gasteiger partial charge >= 0.3 is 0 Å². The number of likely N-dealkylation sites (N-methyl/N-ethyl adjacent to an activating group) is 1. The van der Waals surface area contributed by atoms with Crippen LogP contribution in [-0.4, -0.2) is 46.6 Å². The van der Waals surface area contributed by atoms with Crippen molar-refractivity contribution >= 4 is 0 Å². The van der Waals surface area contributed by atoms with Gasteiger partial charge in [0.15, 0.2) is 0 Å². The van der Waals surface area contributed by atoms with Crippen molar-refractivity contribution in [3.8, 4) is 0 Å². The van der Waals surface area contributed by atoms with Gasteiger partial charge in [-0.15, -0.1) is 5.10 Å².